The van der Waals surface area contributed by atoms with Crippen molar-refractivity contribution in [2.75, 3.05) is 0 Å². The highest BCUT2D eigenvalue weighted by molar-refractivity contribution is 5.59. The quantitative estimate of drug-likeness (QED) is 0.739. The summed E-state index contributed by atoms with van der Waals surface area (Å²) < 4.78 is 41.2. The maximum absolute atomic E-state index is 13.7. The minimum absolute atomic E-state index is 0.215. The van der Waals surface area contributed by atoms with Crippen LogP contribution in [0.4, 0.5) is 13.2 Å². The summed E-state index contributed by atoms with van der Waals surface area (Å²) in [6, 6.07) is 6.29. The Morgan fingerprint density at radius 2 is 1.81 bits per heavy atom. The number of hydrogen-bond acceptors (Lipinski definition) is 2. The Hall–Kier alpha value is -2.63. The maximum atomic E-state index is 13.7. The molecule has 3 nitrogen and oxygen atoms in total. The average molecular weight is 289 g/mol. The molecule has 21 heavy (non-hydrogen) atoms. The molecule has 0 radical (unpaired) electrons. The van der Waals surface area contributed by atoms with E-state index in [4.69, 9.17) is 0 Å². The molecule has 0 amide bonds. The first-order valence-corrected chi connectivity index (χ1v) is 6.20. The van der Waals surface area contributed by atoms with Gasteiger partial charge in [-0.05, 0) is 29.8 Å². The normalized spacial score (nSPS) is 10.8. The molecule has 0 spiro atoms. The molecule has 3 aromatic rings. The van der Waals surface area contributed by atoms with Crippen LogP contribution >= 0.6 is 0 Å². The summed E-state index contributed by atoms with van der Waals surface area (Å²) in [6.45, 7) is 0.313. The second kappa shape index (κ2) is 5.40. The molecule has 0 aliphatic heterocycles. The summed E-state index contributed by atoms with van der Waals surface area (Å²) in [4.78, 5) is 3.75. The van der Waals surface area contributed by atoms with E-state index in [-0.39, 0.29) is 5.56 Å². The lowest BCUT2D eigenvalue weighted by Crippen LogP contribution is -2.01. The minimum Gasteiger partial charge on any atom is -0.268 e. The van der Waals surface area contributed by atoms with Gasteiger partial charge in [-0.2, -0.15) is 5.10 Å². The zero-order valence-corrected chi connectivity index (χ0v) is 10.8. The fourth-order valence-electron chi connectivity index (χ4n) is 2.02. The molecule has 0 aliphatic carbocycles. The molecule has 0 bridgehead atoms. The molecule has 0 saturated carbocycles. The standard InChI is InChI=1S/C15H10F3N3/c16-11-1-2-13(14(18)6-11)15-3-4-21(20-15)9-10-5-12(17)8-19-7-10/h1-8H,9H2. The molecule has 0 aliphatic rings. The van der Waals surface area contributed by atoms with Gasteiger partial charge in [0.25, 0.3) is 0 Å². The lowest BCUT2D eigenvalue weighted by atomic mass is 10.1. The number of halogens is 3. The Balaban J connectivity index is 1.86. The Morgan fingerprint density at radius 1 is 0.952 bits per heavy atom. The molecule has 0 atom stereocenters. The van der Waals surface area contributed by atoms with Crippen molar-refractivity contribution in [3.05, 3.63) is 71.9 Å². The molecule has 106 valence electrons. The Morgan fingerprint density at radius 3 is 2.57 bits per heavy atom. The molecular weight excluding hydrogens is 279 g/mol. The predicted molar refractivity (Wildman–Crippen MR) is 70.9 cm³/mol. The van der Waals surface area contributed by atoms with E-state index < -0.39 is 17.5 Å². The van der Waals surface area contributed by atoms with Gasteiger partial charge >= 0.3 is 0 Å². The van der Waals surface area contributed by atoms with E-state index in [1.807, 2.05) is 0 Å². The number of rotatable bonds is 3. The van der Waals surface area contributed by atoms with E-state index in [1.54, 1.807) is 12.3 Å². The number of pyridine rings is 1. The Labute approximate surface area is 118 Å². The van der Waals surface area contributed by atoms with E-state index in [1.165, 1.54) is 29.1 Å². The lowest BCUT2D eigenvalue weighted by molar-refractivity contribution is 0.584. The fourth-order valence-corrected chi connectivity index (χ4v) is 2.02. The van der Waals surface area contributed by atoms with Gasteiger partial charge in [0.15, 0.2) is 0 Å². The van der Waals surface area contributed by atoms with E-state index in [0.717, 1.165) is 12.3 Å². The summed E-state index contributed by atoms with van der Waals surface area (Å²) >= 11 is 0. The van der Waals surface area contributed by atoms with Crippen LogP contribution in [0, 0.1) is 17.5 Å². The maximum Gasteiger partial charge on any atom is 0.141 e. The van der Waals surface area contributed by atoms with Gasteiger partial charge < -0.3 is 0 Å². The Bertz CT molecular complexity index is 783. The van der Waals surface area contributed by atoms with Crippen molar-refractivity contribution >= 4 is 0 Å². The van der Waals surface area contributed by atoms with Crippen molar-refractivity contribution in [2.45, 2.75) is 6.54 Å². The van der Waals surface area contributed by atoms with Gasteiger partial charge in [-0.15, -0.1) is 0 Å². The first kappa shape index (κ1) is 13.4. The summed E-state index contributed by atoms with van der Waals surface area (Å²) in [5.41, 5.74) is 1.24. The zero-order valence-electron chi connectivity index (χ0n) is 10.8. The SMILES string of the molecule is Fc1cncc(Cn2ccc(-c3ccc(F)cc3F)n2)c1. The van der Waals surface area contributed by atoms with Crippen LogP contribution in [0.25, 0.3) is 11.3 Å². The van der Waals surface area contributed by atoms with Crippen LogP contribution in [-0.2, 0) is 6.54 Å². The molecular formula is C15H10F3N3. The Kier molecular flexibility index (Phi) is 3.43. The molecule has 0 N–H and O–H groups in total. The van der Waals surface area contributed by atoms with Gasteiger partial charge in [-0.1, -0.05) is 0 Å². The second-order valence-electron chi connectivity index (χ2n) is 4.53. The van der Waals surface area contributed by atoms with Crippen LogP contribution in [0.2, 0.25) is 0 Å². The van der Waals surface area contributed by atoms with E-state index in [0.29, 0.717) is 17.8 Å². The van der Waals surface area contributed by atoms with Crippen LogP contribution in [0.3, 0.4) is 0 Å². The van der Waals surface area contributed by atoms with Gasteiger partial charge in [-0.3, -0.25) is 9.67 Å². The van der Waals surface area contributed by atoms with Crippen LogP contribution in [-0.4, -0.2) is 14.8 Å². The van der Waals surface area contributed by atoms with Crippen LogP contribution < -0.4 is 0 Å². The number of hydrogen-bond donors (Lipinski definition) is 0. The summed E-state index contributed by atoms with van der Waals surface area (Å²) in [6.07, 6.45) is 4.29. The third-order valence-corrected chi connectivity index (χ3v) is 2.95. The van der Waals surface area contributed by atoms with Gasteiger partial charge in [0, 0.05) is 24.0 Å². The summed E-state index contributed by atoms with van der Waals surface area (Å²) in [5.74, 6) is -1.74. The molecule has 0 fully saturated rings. The van der Waals surface area contributed by atoms with Crippen LogP contribution in [0.15, 0.2) is 48.9 Å². The first-order valence-electron chi connectivity index (χ1n) is 6.20. The molecule has 0 unspecified atom stereocenters. The molecule has 6 heteroatoms. The van der Waals surface area contributed by atoms with Gasteiger partial charge in [0.05, 0.1) is 18.4 Å². The zero-order chi connectivity index (χ0) is 14.8. The lowest BCUT2D eigenvalue weighted by Gasteiger charge is -2.02. The summed E-state index contributed by atoms with van der Waals surface area (Å²) in [7, 11) is 0. The van der Waals surface area contributed by atoms with E-state index in [2.05, 4.69) is 10.1 Å². The van der Waals surface area contributed by atoms with Gasteiger partial charge in [0.1, 0.15) is 17.5 Å². The minimum atomic E-state index is -0.673. The van der Waals surface area contributed by atoms with Crippen molar-refractivity contribution in [3.63, 3.8) is 0 Å². The third kappa shape index (κ3) is 2.94. The van der Waals surface area contributed by atoms with Crippen LogP contribution in [0.1, 0.15) is 5.56 Å². The molecule has 2 heterocycles. The van der Waals surface area contributed by atoms with Crippen molar-refractivity contribution in [3.8, 4) is 11.3 Å². The fraction of sp³-hybridized carbons (Fsp3) is 0.0667. The van der Waals surface area contributed by atoms with Crippen molar-refractivity contribution in [2.24, 2.45) is 0 Å². The van der Waals surface area contributed by atoms with E-state index >= 15 is 0 Å². The number of aromatic nitrogens is 3. The molecule has 1 aromatic carbocycles. The molecule has 0 saturated heterocycles. The topological polar surface area (TPSA) is 30.7 Å². The monoisotopic (exact) mass is 289 g/mol. The van der Waals surface area contributed by atoms with Crippen molar-refractivity contribution < 1.29 is 13.2 Å². The van der Waals surface area contributed by atoms with E-state index in [9.17, 15) is 13.2 Å². The largest absolute Gasteiger partial charge is 0.268 e. The number of nitrogens with zero attached hydrogens (tertiary/aromatic N) is 3. The van der Waals surface area contributed by atoms with Gasteiger partial charge in [-0.25, -0.2) is 13.2 Å². The number of benzene rings is 1. The van der Waals surface area contributed by atoms with Crippen molar-refractivity contribution in [1.29, 1.82) is 0 Å². The van der Waals surface area contributed by atoms with Crippen LogP contribution in [0.5, 0.6) is 0 Å². The highest BCUT2D eigenvalue weighted by Crippen LogP contribution is 2.21. The molecule has 2 aromatic heterocycles. The second-order valence-corrected chi connectivity index (χ2v) is 4.53. The first-order chi connectivity index (χ1) is 10.1. The summed E-state index contributed by atoms with van der Waals surface area (Å²) in [5, 5.41) is 4.20. The average Bonchev–Trinajstić information content (AvgIpc) is 2.87. The third-order valence-electron chi connectivity index (χ3n) is 2.95. The highest BCUT2D eigenvalue weighted by atomic mass is 19.1. The predicted octanol–water partition coefficient (Wildman–Crippen LogP) is 3.41. The van der Waals surface area contributed by atoms with Crippen molar-refractivity contribution in [1.82, 2.24) is 14.8 Å². The highest BCUT2D eigenvalue weighted by Gasteiger charge is 2.09. The molecule has 3 rings (SSSR count). The van der Waals surface area contributed by atoms with Gasteiger partial charge in [0.2, 0.25) is 0 Å². The smallest absolute Gasteiger partial charge is 0.141 e.